The molecular weight excluding hydrogens is 579 g/mol. The molecule has 1 fully saturated rings. The molecule has 14 heteroatoms. The molecule has 1 aliphatic carbocycles. The third-order valence-corrected chi connectivity index (χ3v) is 7.43. The molecule has 1 heterocycles. The molecule has 2 unspecified atom stereocenters. The van der Waals surface area contributed by atoms with E-state index in [4.69, 9.17) is 32.7 Å². The van der Waals surface area contributed by atoms with E-state index in [0.717, 1.165) is 0 Å². The van der Waals surface area contributed by atoms with Crippen LogP contribution in [-0.2, 0) is 24.4 Å². The molecule has 39 heavy (non-hydrogen) atoms. The summed E-state index contributed by atoms with van der Waals surface area (Å²) in [6.07, 6.45) is -5.33. The fourth-order valence-electron chi connectivity index (χ4n) is 4.06. The van der Waals surface area contributed by atoms with Crippen molar-refractivity contribution in [2.45, 2.75) is 35.6 Å². The summed E-state index contributed by atoms with van der Waals surface area (Å²) in [6.45, 7) is 0. The molecule has 2 aliphatic rings. The smallest absolute Gasteiger partial charge is 0.335 e. The number of carbonyl (C=O) groups is 2. The lowest BCUT2D eigenvalue weighted by Crippen LogP contribution is -2.61. The lowest BCUT2D eigenvalue weighted by atomic mass is 9.90. The van der Waals surface area contributed by atoms with Gasteiger partial charge < -0.3 is 29.9 Å². The van der Waals surface area contributed by atoms with Gasteiger partial charge in [0, 0.05) is 5.56 Å². The standard InChI is InChI=1S/C25H20Cl2O11S/c26-14-9-11(5-7-16(14)28)19(13-3-1-2-4-18(13)39(34,35)36)12-6-8-17(15(27)10-12)37-25-22(31)20(29)21(30)23(38-25)24(32)33/h1-10,20-23,25,29-31H,(H,32,33)(H,34,35,36)/b19-11+/t20-,21+,22-,23?,25?/m0/s1. The Bertz CT molecular complexity index is 1530. The minimum absolute atomic E-state index is 0.0619. The maximum atomic E-state index is 12.1. The maximum absolute atomic E-state index is 12.1. The molecule has 5 atom stereocenters. The zero-order valence-corrected chi connectivity index (χ0v) is 21.8. The van der Waals surface area contributed by atoms with Gasteiger partial charge in [-0.05, 0) is 47.1 Å². The molecule has 2 aromatic rings. The lowest BCUT2D eigenvalue weighted by Gasteiger charge is -2.38. The van der Waals surface area contributed by atoms with Crippen LogP contribution in [0.3, 0.4) is 0 Å². The highest BCUT2D eigenvalue weighted by Gasteiger charge is 2.48. The number of ether oxygens (including phenoxy) is 2. The molecule has 0 radical (unpaired) electrons. The van der Waals surface area contributed by atoms with E-state index in [9.17, 15) is 43.0 Å². The van der Waals surface area contributed by atoms with E-state index >= 15 is 0 Å². The second-order valence-electron chi connectivity index (χ2n) is 8.49. The number of hydrogen-bond acceptors (Lipinski definition) is 9. The van der Waals surface area contributed by atoms with Crippen LogP contribution in [0.2, 0.25) is 5.02 Å². The summed E-state index contributed by atoms with van der Waals surface area (Å²) in [5.41, 5.74) is 0.888. The summed E-state index contributed by atoms with van der Waals surface area (Å²) in [6, 6.07) is 9.65. The molecular formula is C25H20Cl2O11S. The summed E-state index contributed by atoms with van der Waals surface area (Å²) in [5, 5.41) is 39.1. The van der Waals surface area contributed by atoms with Gasteiger partial charge in [0.2, 0.25) is 6.29 Å². The number of benzene rings is 2. The van der Waals surface area contributed by atoms with E-state index < -0.39 is 57.5 Å². The minimum Gasteiger partial charge on any atom is -0.479 e. The third-order valence-electron chi connectivity index (χ3n) is 5.93. The summed E-state index contributed by atoms with van der Waals surface area (Å²) >= 11 is 12.5. The Labute approximate surface area is 231 Å². The van der Waals surface area contributed by atoms with Gasteiger partial charge in [0.1, 0.15) is 29.0 Å². The normalized spacial score (nSPS) is 26.7. The monoisotopic (exact) mass is 598 g/mol. The zero-order valence-electron chi connectivity index (χ0n) is 19.5. The fourth-order valence-corrected chi connectivity index (χ4v) is 5.16. The van der Waals surface area contributed by atoms with Crippen molar-refractivity contribution in [2.75, 3.05) is 0 Å². The Balaban J connectivity index is 1.79. The molecule has 206 valence electrons. The lowest BCUT2D eigenvalue weighted by molar-refractivity contribution is -0.271. The van der Waals surface area contributed by atoms with Crippen LogP contribution in [0.5, 0.6) is 5.75 Å². The van der Waals surface area contributed by atoms with E-state index in [-0.39, 0.29) is 26.9 Å². The molecule has 0 amide bonds. The predicted octanol–water partition coefficient (Wildman–Crippen LogP) is 1.92. The Kier molecular flexibility index (Phi) is 8.30. The molecule has 4 rings (SSSR count). The number of allylic oxidation sites excluding steroid dienone is 5. The van der Waals surface area contributed by atoms with Gasteiger partial charge in [-0.25, -0.2) is 4.79 Å². The third kappa shape index (κ3) is 5.93. The zero-order chi connectivity index (χ0) is 28.6. The number of ketones is 1. The SMILES string of the molecule is O=C1C=C/C(=C(/c2ccc(OC3OC(C(=O)O)[C@H](O)[C@H](O)[C@@H]3O)c(Cl)c2)c2ccccc2S(=O)(=O)O)C=C1Cl. The summed E-state index contributed by atoms with van der Waals surface area (Å²) in [4.78, 5) is 22.8. The number of aliphatic carboxylic acids is 1. The van der Waals surface area contributed by atoms with Crippen molar-refractivity contribution >= 4 is 50.6 Å². The van der Waals surface area contributed by atoms with Crippen molar-refractivity contribution in [2.24, 2.45) is 0 Å². The number of rotatable bonds is 6. The molecule has 2 aromatic carbocycles. The Morgan fingerprint density at radius 2 is 1.67 bits per heavy atom. The van der Waals surface area contributed by atoms with Gasteiger partial charge in [0.05, 0.1) is 10.1 Å². The van der Waals surface area contributed by atoms with Crippen LogP contribution in [-0.4, -0.2) is 75.9 Å². The number of aliphatic hydroxyl groups excluding tert-OH is 3. The van der Waals surface area contributed by atoms with Crippen molar-refractivity contribution in [1.82, 2.24) is 0 Å². The van der Waals surface area contributed by atoms with Gasteiger partial charge in [-0.15, -0.1) is 0 Å². The first-order chi connectivity index (χ1) is 18.3. The van der Waals surface area contributed by atoms with Crippen LogP contribution in [0, 0.1) is 0 Å². The molecule has 5 N–H and O–H groups in total. The topological polar surface area (TPSA) is 188 Å². The summed E-state index contributed by atoms with van der Waals surface area (Å²) in [5.74, 6) is -2.18. The molecule has 0 saturated carbocycles. The van der Waals surface area contributed by atoms with Crippen LogP contribution in [0.15, 0.2) is 76.2 Å². The van der Waals surface area contributed by atoms with E-state index in [1.54, 1.807) is 0 Å². The van der Waals surface area contributed by atoms with Crippen LogP contribution in [0.4, 0.5) is 0 Å². The Morgan fingerprint density at radius 1 is 0.974 bits per heavy atom. The molecule has 11 nitrogen and oxygen atoms in total. The van der Waals surface area contributed by atoms with Gasteiger partial charge in [0.15, 0.2) is 11.9 Å². The molecule has 0 bridgehead atoms. The fraction of sp³-hybridized carbons (Fsp3) is 0.200. The average molecular weight is 599 g/mol. The average Bonchev–Trinajstić information content (AvgIpc) is 2.87. The van der Waals surface area contributed by atoms with Crippen molar-refractivity contribution < 1.29 is 52.5 Å². The van der Waals surface area contributed by atoms with Crippen LogP contribution in [0.1, 0.15) is 11.1 Å². The van der Waals surface area contributed by atoms with Gasteiger partial charge in [0.25, 0.3) is 10.1 Å². The van der Waals surface area contributed by atoms with Gasteiger partial charge in [-0.3, -0.25) is 9.35 Å². The highest BCUT2D eigenvalue weighted by Crippen LogP contribution is 2.38. The van der Waals surface area contributed by atoms with Crippen molar-refractivity contribution in [3.63, 3.8) is 0 Å². The molecule has 1 saturated heterocycles. The van der Waals surface area contributed by atoms with Crippen LogP contribution in [0.25, 0.3) is 5.57 Å². The first-order valence-corrected chi connectivity index (χ1v) is 13.3. The maximum Gasteiger partial charge on any atom is 0.335 e. The first kappa shape index (κ1) is 28.9. The van der Waals surface area contributed by atoms with Gasteiger partial charge >= 0.3 is 5.97 Å². The molecule has 0 spiro atoms. The minimum atomic E-state index is -4.69. The number of carboxylic acid groups (broad SMARTS) is 1. The summed E-state index contributed by atoms with van der Waals surface area (Å²) < 4.78 is 44.7. The number of carbonyl (C=O) groups excluding carboxylic acids is 1. The summed E-state index contributed by atoms with van der Waals surface area (Å²) in [7, 11) is -4.69. The van der Waals surface area contributed by atoms with Crippen molar-refractivity contribution in [3.05, 3.63) is 87.4 Å². The number of halogens is 2. The Morgan fingerprint density at radius 3 is 2.28 bits per heavy atom. The number of carboxylic acids is 1. The largest absolute Gasteiger partial charge is 0.479 e. The van der Waals surface area contributed by atoms with E-state index in [1.807, 2.05) is 0 Å². The first-order valence-electron chi connectivity index (χ1n) is 11.1. The quantitative estimate of drug-likeness (QED) is 0.305. The molecule has 1 aliphatic heterocycles. The second-order valence-corrected chi connectivity index (χ2v) is 10.7. The highest BCUT2D eigenvalue weighted by atomic mass is 35.5. The number of hydrogen-bond donors (Lipinski definition) is 5. The molecule has 0 aromatic heterocycles. The number of aliphatic hydroxyl groups is 3. The highest BCUT2D eigenvalue weighted by molar-refractivity contribution is 7.86. The van der Waals surface area contributed by atoms with Gasteiger partial charge in [-0.1, -0.05) is 53.5 Å². The predicted molar refractivity (Wildman–Crippen MR) is 137 cm³/mol. The van der Waals surface area contributed by atoms with E-state index in [1.165, 1.54) is 60.7 Å². The van der Waals surface area contributed by atoms with E-state index in [0.29, 0.717) is 11.1 Å². The van der Waals surface area contributed by atoms with Crippen molar-refractivity contribution in [1.29, 1.82) is 0 Å². The Hall–Kier alpha value is -3.07. The van der Waals surface area contributed by atoms with E-state index in [2.05, 4.69) is 0 Å². The van der Waals surface area contributed by atoms with Crippen LogP contribution >= 0.6 is 23.2 Å². The van der Waals surface area contributed by atoms with Crippen LogP contribution < -0.4 is 4.74 Å². The van der Waals surface area contributed by atoms with Crippen molar-refractivity contribution in [3.8, 4) is 5.75 Å². The van der Waals surface area contributed by atoms with Gasteiger partial charge in [-0.2, -0.15) is 8.42 Å². The second kappa shape index (κ2) is 11.2.